The molecule has 2 aromatic carbocycles. The van der Waals surface area contributed by atoms with Crippen LogP contribution in [0.15, 0.2) is 35.3 Å². The van der Waals surface area contributed by atoms with Crippen molar-refractivity contribution in [3.05, 3.63) is 58.1 Å². The maximum atomic E-state index is 11.8. The third-order valence-electron chi connectivity index (χ3n) is 5.99. The molecule has 0 radical (unpaired) electrons. The first-order valence-corrected chi connectivity index (χ1v) is 9.75. The Hall–Kier alpha value is -2.62. The van der Waals surface area contributed by atoms with Crippen LogP contribution in [0.25, 0.3) is 0 Å². The van der Waals surface area contributed by atoms with E-state index in [9.17, 15) is 4.79 Å². The van der Waals surface area contributed by atoms with Gasteiger partial charge < -0.3 is 9.64 Å². The zero-order valence-corrected chi connectivity index (χ0v) is 18.0. The Bertz CT molecular complexity index is 944. The lowest BCUT2D eigenvalue weighted by Gasteiger charge is -2.45. The Morgan fingerprint density at radius 3 is 2.61 bits per heavy atom. The van der Waals surface area contributed by atoms with Crippen LogP contribution in [0.2, 0.25) is 0 Å². The number of benzene rings is 2. The molecule has 1 atom stereocenters. The second-order valence-electron chi connectivity index (χ2n) is 8.50. The van der Waals surface area contributed by atoms with Gasteiger partial charge in [-0.25, -0.2) is 4.79 Å². The van der Waals surface area contributed by atoms with Gasteiger partial charge in [-0.3, -0.25) is 4.99 Å². The van der Waals surface area contributed by atoms with Crippen LogP contribution < -0.4 is 4.90 Å². The molecule has 0 saturated carbocycles. The second kappa shape index (κ2) is 7.42. The van der Waals surface area contributed by atoms with E-state index >= 15 is 0 Å². The molecule has 1 heterocycles. The number of nitrogens with zero attached hydrogens (tertiary/aromatic N) is 2. The van der Waals surface area contributed by atoms with Crippen LogP contribution in [0, 0.1) is 13.8 Å². The third-order valence-corrected chi connectivity index (χ3v) is 5.99. The maximum Gasteiger partial charge on any atom is 0.337 e. The van der Waals surface area contributed by atoms with E-state index in [0.717, 1.165) is 23.2 Å². The quantitative estimate of drug-likeness (QED) is 0.518. The molecule has 0 spiro atoms. The van der Waals surface area contributed by atoms with E-state index in [4.69, 9.17) is 4.74 Å². The molecule has 4 nitrogen and oxygen atoms in total. The Labute approximate surface area is 168 Å². The van der Waals surface area contributed by atoms with E-state index in [1.54, 1.807) is 12.1 Å². The zero-order chi connectivity index (χ0) is 20.6. The van der Waals surface area contributed by atoms with Crippen molar-refractivity contribution in [2.75, 3.05) is 19.1 Å². The maximum absolute atomic E-state index is 11.8. The van der Waals surface area contributed by atoms with Crippen molar-refractivity contribution in [3.8, 4) is 0 Å². The van der Waals surface area contributed by atoms with Gasteiger partial charge in [-0.1, -0.05) is 13.0 Å². The first-order valence-electron chi connectivity index (χ1n) is 9.75. The van der Waals surface area contributed by atoms with Crippen LogP contribution >= 0.6 is 0 Å². The minimum atomic E-state index is -0.346. The Balaban J connectivity index is 1.99. The molecule has 0 fully saturated rings. The number of aliphatic imine (C=N–C) groups is 1. The third kappa shape index (κ3) is 3.68. The van der Waals surface area contributed by atoms with E-state index in [0.29, 0.717) is 11.5 Å². The number of methoxy groups -OCH3 is 1. The summed E-state index contributed by atoms with van der Waals surface area (Å²) in [5.74, 6) is 0.152. The standard InChI is InChI=1S/C24H30N2O2/c1-15-8-9-18(23(27)28-7)12-21(15)25-14-19-11-20-17(3)13-24(4,5)26(6)22(20)10-16(19)2/h8-12,14,17H,13H2,1-7H3. The number of hydrogen-bond acceptors (Lipinski definition) is 4. The number of rotatable bonds is 3. The molecule has 0 amide bonds. The van der Waals surface area contributed by atoms with Crippen LogP contribution in [0.5, 0.6) is 0 Å². The minimum absolute atomic E-state index is 0.153. The highest BCUT2D eigenvalue weighted by molar-refractivity contribution is 5.91. The van der Waals surface area contributed by atoms with Gasteiger partial charge in [0.2, 0.25) is 0 Å². The number of ether oxygens (including phenoxy) is 1. The van der Waals surface area contributed by atoms with Crippen LogP contribution in [-0.4, -0.2) is 31.9 Å². The molecule has 28 heavy (non-hydrogen) atoms. The number of anilines is 1. The number of esters is 1. The summed E-state index contributed by atoms with van der Waals surface area (Å²) in [6.45, 7) is 11.0. The molecule has 0 N–H and O–H groups in total. The molecule has 0 bridgehead atoms. The lowest BCUT2D eigenvalue weighted by Crippen LogP contribution is -2.45. The van der Waals surface area contributed by atoms with Gasteiger partial charge >= 0.3 is 5.97 Å². The highest BCUT2D eigenvalue weighted by Gasteiger charge is 2.34. The van der Waals surface area contributed by atoms with Gasteiger partial charge in [0.1, 0.15) is 0 Å². The number of carbonyl (C=O) groups is 1. The fraction of sp³-hybridized carbons (Fsp3) is 0.417. The molecule has 0 aromatic heterocycles. The van der Waals surface area contributed by atoms with Gasteiger partial charge in [0, 0.05) is 24.5 Å². The average Bonchev–Trinajstić information content (AvgIpc) is 2.65. The van der Waals surface area contributed by atoms with E-state index in [1.807, 2.05) is 19.2 Å². The zero-order valence-electron chi connectivity index (χ0n) is 18.0. The number of aryl methyl sites for hydroxylation is 2. The van der Waals surface area contributed by atoms with Crippen molar-refractivity contribution in [1.82, 2.24) is 0 Å². The normalized spacial score (nSPS) is 18.2. The summed E-state index contributed by atoms with van der Waals surface area (Å²) in [6.07, 6.45) is 3.03. The van der Waals surface area contributed by atoms with Crippen LogP contribution in [0.1, 0.15) is 65.7 Å². The monoisotopic (exact) mass is 378 g/mol. The smallest absolute Gasteiger partial charge is 0.337 e. The largest absolute Gasteiger partial charge is 0.465 e. The molecule has 1 aliphatic rings. The first-order chi connectivity index (χ1) is 13.1. The lowest BCUT2D eigenvalue weighted by molar-refractivity contribution is 0.0601. The molecule has 1 aliphatic heterocycles. The summed E-state index contributed by atoms with van der Waals surface area (Å²) >= 11 is 0. The second-order valence-corrected chi connectivity index (χ2v) is 8.50. The highest BCUT2D eigenvalue weighted by atomic mass is 16.5. The van der Waals surface area contributed by atoms with Gasteiger partial charge in [-0.15, -0.1) is 0 Å². The number of fused-ring (bicyclic) bond motifs is 1. The first kappa shape index (κ1) is 20.1. The summed E-state index contributed by atoms with van der Waals surface area (Å²) in [7, 11) is 3.57. The summed E-state index contributed by atoms with van der Waals surface area (Å²) in [4.78, 5) is 18.9. The van der Waals surface area contributed by atoms with Gasteiger partial charge in [0.25, 0.3) is 0 Å². The molecular formula is C24H30N2O2. The molecule has 4 heteroatoms. The van der Waals surface area contributed by atoms with Crippen molar-refractivity contribution in [1.29, 1.82) is 0 Å². The van der Waals surface area contributed by atoms with Gasteiger partial charge in [0.05, 0.1) is 18.4 Å². The molecule has 1 unspecified atom stereocenters. The van der Waals surface area contributed by atoms with Crippen LogP contribution in [0.4, 0.5) is 11.4 Å². The van der Waals surface area contributed by atoms with Gasteiger partial charge in [-0.05, 0) is 86.6 Å². The SMILES string of the molecule is COC(=O)c1ccc(C)c(N=Cc2cc3c(cc2C)N(C)C(C)(C)CC3C)c1. The molecule has 0 saturated heterocycles. The Morgan fingerprint density at radius 1 is 1.21 bits per heavy atom. The van der Waals surface area contributed by atoms with Crippen molar-refractivity contribution >= 4 is 23.6 Å². The number of carbonyl (C=O) groups excluding carboxylic acids is 1. The molecule has 2 aromatic rings. The van der Waals surface area contributed by atoms with Crippen molar-refractivity contribution < 1.29 is 9.53 Å². The van der Waals surface area contributed by atoms with E-state index < -0.39 is 0 Å². The topological polar surface area (TPSA) is 41.9 Å². The molecule has 3 rings (SSSR count). The van der Waals surface area contributed by atoms with Crippen LogP contribution in [-0.2, 0) is 4.74 Å². The predicted molar refractivity (Wildman–Crippen MR) is 116 cm³/mol. The molecule has 148 valence electrons. The van der Waals surface area contributed by atoms with Crippen molar-refractivity contribution in [2.45, 2.75) is 52.5 Å². The Morgan fingerprint density at radius 2 is 1.93 bits per heavy atom. The molecule has 0 aliphatic carbocycles. The number of hydrogen-bond donors (Lipinski definition) is 0. The fourth-order valence-corrected chi connectivity index (χ4v) is 4.01. The lowest BCUT2D eigenvalue weighted by atomic mass is 9.79. The summed E-state index contributed by atoms with van der Waals surface area (Å²) in [5, 5.41) is 0. The predicted octanol–water partition coefficient (Wildman–Crippen LogP) is 5.56. The van der Waals surface area contributed by atoms with E-state index in [1.165, 1.54) is 23.9 Å². The minimum Gasteiger partial charge on any atom is -0.465 e. The highest BCUT2D eigenvalue weighted by Crippen LogP contribution is 2.43. The van der Waals surface area contributed by atoms with Crippen molar-refractivity contribution in [3.63, 3.8) is 0 Å². The average molecular weight is 379 g/mol. The summed E-state index contributed by atoms with van der Waals surface area (Å²) < 4.78 is 4.82. The van der Waals surface area contributed by atoms with E-state index in [2.05, 4.69) is 56.8 Å². The van der Waals surface area contributed by atoms with E-state index in [-0.39, 0.29) is 11.5 Å². The molecular weight excluding hydrogens is 348 g/mol. The van der Waals surface area contributed by atoms with Crippen LogP contribution in [0.3, 0.4) is 0 Å². The van der Waals surface area contributed by atoms with Crippen molar-refractivity contribution in [2.24, 2.45) is 4.99 Å². The van der Waals surface area contributed by atoms with Gasteiger partial charge in [0.15, 0.2) is 0 Å². The van der Waals surface area contributed by atoms with Gasteiger partial charge in [-0.2, -0.15) is 0 Å². The summed E-state index contributed by atoms with van der Waals surface area (Å²) in [6, 6.07) is 9.99. The fourth-order valence-electron chi connectivity index (χ4n) is 4.01. The summed E-state index contributed by atoms with van der Waals surface area (Å²) in [5.41, 5.74) is 7.46. The Kier molecular flexibility index (Phi) is 5.33.